The molecule has 0 amide bonds. The molecule has 0 saturated carbocycles. The van der Waals surface area contributed by atoms with E-state index in [1.165, 1.54) is 6.07 Å². The Balaban J connectivity index is 3.30. The van der Waals surface area contributed by atoms with Gasteiger partial charge in [-0.25, -0.2) is 4.98 Å². The van der Waals surface area contributed by atoms with Crippen molar-refractivity contribution in [1.29, 1.82) is 0 Å². The van der Waals surface area contributed by atoms with Crippen LogP contribution in [0.25, 0.3) is 0 Å². The molecule has 0 radical (unpaired) electrons. The minimum atomic E-state index is -4.73. The second-order valence-corrected chi connectivity index (χ2v) is 9.00. The summed E-state index contributed by atoms with van der Waals surface area (Å²) in [6.45, 7) is 4.91. The first-order chi connectivity index (χ1) is 11.3. The molecule has 1 heterocycles. The molecule has 0 spiro atoms. The van der Waals surface area contributed by atoms with E-state index < -0.39 is 47.0 Å². The SMILES string of the molecule is CC(C)(C)[S@@+]([O-])/N=C(/CC(CC(=O)O)C(F)(F)F)c1cccc(Br)n1. The quantitative estimate of drug-likeness (QED) is 0.407. The Hall–Kier alpha value is -1.13. The summed E-state index contributed by atoms with van der Waals surface area (Å²) in [6.07, 6.45) is -6.55. The number of aromatic nitrogens is 1. The van der Waals surface area contributed by atoms with Crippen molar-refractivity contribution in [2.75, 3.05) is 0 Å². The van der Waals surface area contributed by atoms with E-state index in [0.29, 0.717) is 4.60 Å². The van der Waals surface area contributed by atoms with E-state index in [1.807, 2.05) is 0 Å². The maximum Gasteiger partial charge on any atom is 0.392 e. The molecule has 2 atom stereocenters. The Morgan fingerprint density at radius 1 is 1.36 bits per heavy atom. The van der Waals surface area contributed by atoms with E-state index in [1.54, 1.807) is 32.9 Å². The molecule has 0 bridgehead atoms. The van der Waals surface area contributed by atoms with Crippen molar-refractivity contribution in [1.82, 2.24) is 4.98 Å². The fourth-order valence-electron chi connectivity index (χ4n) is 1.74. The number of nitrogens with zero attached hydrogens (tertiary/aromatic N) is 2. The molecule has 1 aromatic heterocycles. The summed E-state index contributed by atoms with van der Waals surface area (Å²) in [6, 6.07) is 4.58. The van der Waals surface area contributed by atoms with Crippen LogP contribution in [0.15, 0.2) is 27.2 Å². The zero-order chi connectivity index (χ0) is 19.4. The predicted molar refractivity (Wildman–Crippen MR) is 92.8 cm³/mol. The lowest BCUT2D eigenvalue weighted by molar-refractivity contribution is -0.181. The molecular formula is C15H18BrF3N2O3S. The third kappa shape index (κ3) is 7.33. The van der Waals surface area contributed by atoms with Crippen molar-refractivity contribution in [2.24, 2.45) is 10.3 Å². The molecule has 0 aliphatic heterocycles. The third-order valence-electron chi connectivity index (χ3n) is 3.05. The van der Waals surface area contributed by atoms with Gasteiger partial charge in [-0.3, -0.25) is 4.79 Å². The van der Waals surface area contributed by atoms with Crippen molar-refractivity contribution in [2.45, 2.75) is 44.5 Å². The molecule has 0 aliphatic carbocycles. The largest absolute Gasteiger partial charge is 0.591 e. The van der Waals surface area contributed by atoms with E-state index in [2.05, 4.69) is 25.3 Å². The summed E-state index contributed by atoms with van der Waals surface area (Å²) in [5.74, 6) is -3.72. The van der Waals surface area contributed by atoms with E-state index in [0.717, 1.165) is 0 Å². The van der Waals surface area contributed by atoms with Gasteiger partial charge in [0.25, 0.3) is 0 Å². The second kappa shape index (κ2) is 8.50. The molecule has 0 aliphatic rings. The van der Waals surface area contributed by atoms with Crippen molar-refractivity contribution >= 4 is 39.0 Å². The predicted octanol–water partition coefficient (Wildman–Crippen LogP) is 4.14. The summed E-state index contributed by atoms with van der Waals surface area (Å²) in [4.78, 5) is 14.8. The number of hydrogen-bond acceptors (Lipinski definition) is 4. The molecule has 5 nitrogen and oxygen atoms in total. The summed E-state index contributed by atoms with van der Waals surface area (Å²) >= 11 is 1.31. The lowest BCUT2D eigenvalue weighted by Crippen LogP contribution is -2.31. The van der Waals surface area contributed by atoms with Crippen LogP contribution in [-0.2, 0) is 16.2 Å². The van der Waals surface area contributed by atoms with Crippen LogP contribution in [0, 0.1) is 5.92 Å². The molecule has 0 fully saturated rings. The van der Waals surface area contributed by atoms with Gasteiger partial charge in [-0.2, -0.15) is 13.2 Å². The van der Waals surface area contributed by atoms with Gasteiger partial charge in [0.1, 0.15) is 26.4 Å². The number of pyridine rings is 1. The Morgan fingerprint density at radius 2 is 1.96 bits per heavy atom. The van der Waals surface area contributed by atoms with E-state index >= 15 is 0 Å². The first kappa shape index (κ1) is 21.9. The normalized spacial score (nSPS) is 15.8. The minimum Gasteiger partial charge on any atom is -0.591 e. The van der Waals surface area contributed by atoms with Crippen LogP contribution in [0.1, 0.15) is 39.3 Å². The molecule has 1 unspecified atom stereocenters. The number of rotatable bonds is 6. The maximum atomic E-state index is 13.2. The molecular weight excluding hydrogens is 425 g/mol. The second-order valence-electron chi connectivity index (χ2n) is 6.29. The molecule has 0 saturated heterocycles. The average molecular weight is 443 g/mol. The zero-order valence-corrected chi connectivity index (χ0v) is 16.2. The van der Waals surface area contributed by atoms with Gasteiger partial charge in [-0.05, 0) is 48.8 Å². The number of hydrogen-bond donors (Lipinski definition) is 1. The van der Waals surface area contributed by atoms with Crippen LogP contribution < -0.4 is 0 Å². The molecule has 140 valence electrons. The lowest BCUT2D eigenvalue weighted by Gasteiger charge is -2.22. The van der Waals surface area contributed by atoms with Gasteiger partial charge in [0, 0.05) is 6.42 Å². The van der Waals surface area contributed by atoms with Crippen LogP contribution in [0.5, 0.6) is 0 Å². The van der Waals surface area contributed by atoms with Gasteiger partial charge >= 0.3 is 12.1 Å². The van der Waals surface area contributed by atoms with Gasteiger partial charge < -0.3 is 9.66 Å². The summed E-state index contributed by atoms with van der Waals surface area (Å²) in [5, 5.41) is 8.76. The highest BCUT2D eigenvalue weighted by atomic mass is 79.9. The van der Waals surface area contributed by atoms with Crippen LogP contribution >= 0.6 is 15.9 Å². The minimum absolute atomic E-state index is 0.117. The Morgan fingerprint density at radius 3 is 2.40 bits per heavy atom. The highest BCUT2D eigenvalue weighted by molar-refractivity contribution is 9.10. The fourth-order valence-corrected chi connectivity index (χ4v) is 2.73. The Kier molecular flexibility index (Phi) is 7.45. The fraction of sp³-hybridized carbons (Fsp3) is 0.533. The first-order valence-electron chi connectivity index (χ1n) is 7.21. The zero-order valence-electron chi connectivity index (χ0n) is 13.8. The molecule has 10 heteroatoms. The number of aliphatic carboxylic acids is 1. The Bertz CT molecular complexity index is 648. The molecule has 1 aromatic rings. The van der Waals surface area contributed by atoms with Crippen LogP contribution in [0.2, 0.25) is 0 Å². The third-order valence-corrected chi connectivity index (χ3v) is 4.93. The maximum absolute atomic E-state index is 13.2. The summed E-state index contributed by atoms with van der Waals surface area (Å²) < 4.78 is 55.4. The van der Waals surface area contributed by atoms with Gasteiger partial charge in [0.05, 0.1) is 18.0 Å². The number of carbonyl (C=O) groups is 1. The average Bonchev–Trinajstić information content (AvgIpc) is 2.43. The smallest absolute Gasteiger partial charge is 0.392 e. The highest BCUT2D eigenvalue weighted by Gasteiger charge is 2.42. The van der Waals surface area contributed by atoms with Crippen molar-refractivity contribution in [3.05, 3.63) is 28.5 Å². The monoisotopic (exact) mass is 442 g/mol. The molecule has 0 aromatic carbocycles. The standard InChI is InChI=1S/C15H18BrF3N2O3S/c1-14(2,3)25(24)21-11(10-5-4-6-12(16)20-10)7-9(8-13(22)23)15(17,18)19/h4-6,9H,7-8H2,1-3H3,(H,22,23)/b21-11-/t9?,25-/m1/s1. The Labute approximate surface area is 155 Å². The molecule has 25 heavy (non-hydrogen) atoms. The molecule has 1 N–H and O–H groups in total. The van der Waals surface area contributed by atoms with Gasteiger partial charge in [0.15, 0.2) is 0 Å². The van der Waals surface area contributed by atoms with Gasteiger partial charge in [-0.1, -0.05) is 10.5 Å². The van der Waals surface area contributed by atoms with E-state index in [4.69, 9.17) is 5.11 Å². The number of halogens is 4. The van der Waals surface area contributed by atoms with E-state index in [-0.39, 0.29) is 11.4 Å². The van der Waals surface area contributed by atoms with Crippen molar-refractivity contribution in [3.8, 4) is 0 Å². The van der Waals surface area contributed by atoms with Gasteiger partial charge in [0.2, 0.25) is 0 Å². The summed E-state index contributed by atoms with van der Waals surface area (Å²) in [5.41, 5.74) is -0.0234. The van der Waals surface area contributed by atoms with Crippen LogP contribution in [0.3, 0.4) is 0 Å². The topological polar surface area (TPSA) is 85.6 Å². The summed E-state index contributed by atoms with van der Waals surface area (Å²) in [7, 11) is 0. The van der Waals surface area contributed by atoms with Crippen molar-refractivity contribution < 1.29 is 27.6 Å². The molecule has 1 rings (SSSR count). The lowest BCUT2D eigenvalue weighted by atomic mass is 9.96. The van der Waals surface area contributed by atoms with E-state index in [9.17, 15) is 22.5 Å². The number of carboxylic acid groups (broad SMARTS) is 1. The van der Waals surface area contributed by atoms with Crippen LogP contribution in [-0.4, -0.2) is 37.2 Å². The van der Waals surface area contributed by atoms with Crippen LogP contribution in [0.4, 0.5) is 13.2 Å². The van der Waals surface area contributed by atoms with Crippen molar-refractivity contribution in [3.63, 3.8) is 0 Å². The van der Waals surface area contributed by atoms with Gasteiger partial charge in [-0.15, -0.1) is 0 Å². The number of carboxylic acids is 1. The number of alkyl halides is 3. The highest BCUT2D eigenvalue weighted by Crippen LogP contribution is 2.33. The first-order valence-corrected chi connectivity index (χ1v) is 9.11.